The minimum Gasteiger partial charge on any atom is -0.449 e. The van der Waals surface area contributed by atoms with Gasteiger partial charge in [0.2, 0.25) is 5.91 Å². The highest BCUT2D eigenvalue weighted by molar-refractivity contribution is 5.83. The van der Waals surface area contributed by atoms with Gasteiger partial charge in [-0.2, -0.15) is 0 Å². The van der Waals surface area contributed by atoms with Crippen LogP contribution in [0.5, 0.6) is 0 Å². The van der Waals surface area contributed by atoms with E-state index < -0.39 is 24.3 Å². The number of amides is 2. The van der Waals surface area contributed by atoms with E-state index in [1.807, 2.05) is 31.2 Å². The zero-order valence-corrected chi connectivity index (χ0v) is 21.1. The number of methoxy groups -OCH3 is 3. The van der Waals surface area contributed by atoms with Gasteiger partial charge in [-0.25, -0.2) is 4.79 Å². The fraction of sp³-hybridized carbons (Fsp3) is 0.481. The summed E-state index contributed by atoms with van der Waals surface area (Å²) in [5.41, 5.74) is 4.56. The van der Waals surface area contributed by atoms with Crippen LogP contribution in [0.1, 0.15) is 24.0 Å². The van der Waals surface area contributed by atoms with Gasteiger partial charge in [-0.05, 0) is 29.2 Å². The van der Waals surface area contributed by atoms with Gasteiger partial charge in [0.25, 0.3) is 0 Å². The Morgan fingerprint density at radius 1 is 0.889 bits per heavy atom. The topological polar surface area (TPSA) is 104 Å². The third-order valence-corrected chi connectivity index (χ3v) is 6.88. The maximum absolute atomic E-state index is 12.7. The molecule has 2 amide bonds. The molecule has 1 heterocycles. The summed E-state index contributed by atoms with van der Waals surface area (Å²) in [7, 11) is 4.72. The first-order valence-corrected chi connectivity index (χ1v) is 12.1. The van der Waals surface area contributed by atoms with Crippen molar-refractivity contribution < 1.29 is 33.3 Å². The average molecular weight is 499 g/mol. The van der Waals surface area contributed by atoms with Gasteiger partial charge in [0.05, 0.1) is 18.8 Å². The molecule has 5 atom stereocenters. The molecular formula is C27H34N2O7. The van der Waals surface area contributed by atoms with Crippen LogP contribution in [-0.4, -0.2) is 83.5 Å². The standard InChI is InChI=1S/C27H34N2O7/c1-16-24(26(34-4)25(33-3)22(36-16)15-32-2)29-23(30)13-28-27(31)35-14-21-19-11-7-5-9-17(19)18-10-6-8-12-20(18)21/h5-12,16,21-22,24-26H,13-15H2,1-4H3,(H,28,31)(H,29,30)/t16?,22?,24?,25-,26+/m0/s1. The van der Waals surface area contributed by atoms with E-state index in [4.69, 9.17) is 23.7 Å². The molecule has 194 valence electrons. The van der Waals surface area contributed by atoms with Crippen molar-refractivity contribution in [2.24, 2.45) is 0 Å². The maximum atomic E-state index is 12.7. The lowest BCUT2D eigenvalue weighted by Crippen LogP contribution is -2.65. The summed E-state index contributed by atoms with van der Waals surface area (Å²) in [5, 5.41) is 5.43. The van der Waals surface area contributed by atoms with E-state index in [1.54, 1.807) is 21.3 Å². The summed E-state index contributed by atoms with van der Waals surface area (Å²) in [4.78, 5) is 25.1. The van der Waals surface area contributed by atoms with E-state index in [0.29, 0.717) is 6.61 Å². The number of fused-ring (bicyclic) bond motifs is 3. The number of rotatable bonds is 9. The monoisotopic (exact) mass is 498 g/mol. The number of hydrogen-bond donors (Lipinski definition) is 2. The van der Waals surface area contributed by atoms with Crippen molar-refractivity contribution in [2.75, 3.05) is 41.1 Å². The predicted molar refractivity (Wildman–Crippen MR) is 133 cm³/mol. The lowest BCUT2D eigenvalue weighted by Gasteiger charge is -2.44. The first-order chi connectivity index (χ1) is 17.5. The normalized spacial score (nSPS) is 25.1. The van der Waals surface area contributed by atoms with Gasteiger partial charge in [-0.3, -0.25) is 4.79 Å². The molecular weight excluding hydrogens is 464 g/mol. The van der Waals surface area contributed by atoms with Crippen molar-refractivity contribution >= 4 is 12.0 Å². The predicted octanol–water partition coefficient (Wildman–Crippen LogP) is 2.47. The number of carbonyl (C=O) groups is 2. The second kappa shape index (κ2) is 11.8. The molecule has 3 unspecified atom stereocenters. The van der Waals surface area contributed by atoms with Crippen molar-refractivity contribution in [3.8, 4) is 11.1 Å². The molecule has 0 spiro atoms. The van der Waals surface area contributed by atoms with Crippen LogP contribution in [0.4, 0.5) is 4.79 Å². The maximum Gasteiger partial charge on any atom is 0.407 e. The summed E-state index contributed by atoms with van der Waals surface area (Å²) in [5.74, 6) is -0.434. The van der Waals surface area contributed by atoms with Crippen molar-refractivity contribution in [3.63, 3.8) is 0 Å². The zero-order valence-electron chi connectivity index (χ0n) is 21.1. The second-order valence-corrected chi connectivity index (χ2v) is 9.01. The van der Waals surface area contributed by atoms with E-state index in [1.165, 1.54) is 0 Å². The Kier molecular flexibility index (Phi) is 8.58. The molecule has 1 aliphatic carbocycles. The molecule has 9 heteroatoms. The number of ether oxygens (including phenoxy) is 5. The third-order valence-electron chi connectivity index (χ3n) is 6.88. The number of carbonyl (C=O) groups excluding carboxylic acids is 2. The lowest BCUT2D eigenvalue weighted by molar-refractivity contribution is -0.208. The second-order valence-electron chi connectivity index (χ2n) is 9.01. The molecule has 2 aliphatic rings. The molecule has 9 nitrogen and oxygen atoms in total. The minimum absolute atomic E-state index is 0.0503. The molecule has 0 aromatic heterocycles. The summed E-state index contributed by atoms with van der Waals surface area (Å²) in [6.45, 7) is 2.13. The molecule has 0 radical (unpaired) electrons. The molecule has 0 saturated carbocycles. The molecule has 36 heavy (non-hydrogen) atoms. The minimum atomic E-state index is -0.654. The van der Waals surface area contributed by atoms with Gasteiger partial charge in [-0.15, -0.1) is 0 Å². The van der Waals surface area contributed by atoms with E-state index >= 15 is 0 Å². The van der Waals surface area contributed by atoms with Crippen LogP contribution in [0.2, 0.25) is 0 Å². The molecule has 4 rings (SSSR count). The van der Waals surface area contributed by atoms with Crippen molar-refractivity contribution in [2.45, 2.75) is 43.3 Å². The van der Waals surface area contributed by atoms with E-state index in [-0.39, 0.29) is 37.2 Å². The van der Waals surface area contributed by atoms with Gasteiger partial charge in [-0.1, -0.05) is 48.5 Å². The zero-order chi connectivity index (χ0) is 25.7. The van der Waals surface area contributed by atoms with Crippen LogP contribution in [0, 0.1) is 0 Å². The Morgan fingerprint density at radius 3 is 2.08 bits per heavy atom. The van der Waals surface area contributed by atoms with E-state index in [9.17, 15) is 9.59 Å². The van der Waals surface area contributed by atoms with Gasteiger partial charge in [0.1, 0.15) is 31.5 Å². The van der Waals surface area contributed by atoms with E-state index in [2.05, 4.69) is 34.9 Å². The summed E-state index contributed by atoms with van der Waals surface area (Å²) >= 11 is 0. The van der Waals surface area contributed by atoms with Crippen molar-refractivity contribution in [1.82, 2.24) is 10.6 Å². The number of nitrogens with one attached hydrogen (secondary N) is 2. The van der Waals surface area contributed by atoms with E-state index in [0.717, 1.165) is 22.3 Å². The molecule has 2 N–H and O–H groups in total. The lowest BCUT2D eigenvalue weighted by atomic mass is 9.93. The average Bonchev–Trinajstić information content (AvgIpc) is 3.21. The number of hydrogen-bond acceptors (Lipinski definition) is 7. The van der Waals surface area contributed by atoms with Crippen LogP contribution in [0.3, 0.4) is 0 Å². The molecule has 0 bridgehead atoms. The molecule has 1 fully saturated rings. The Morgan fingerprint density at radius 2 is 1.50 bits per heavy atom. The quantitative estimate of drug-likeness (QED) is 0.547. The van der Waals surface area contributed by atoms with Gasteiger partial charge >= 0.3 is 6.09 Å². The Labute approximate surface area is 211 Å². The largest absolute Gasteiger partial charge is 0.449 e. The molecule has 2 aromatic carbocycles. The Bertz CT molecular complexity index is 1020. The highest BCUT2D eigenvalue weighted by Gasteiger charge is 2.45. The van der Waals surface area contributed by atoms with Crippen LogP contribution < -0.4 is 10.6 Å². The van der Waals surface area contributed by atoms with Gasteiger partial charge < -0.3 is 34.3 Å². The van der Waals surface area contributed by atoms with Crippen LogP contribution >= 0.6 is 0 Å². The van der Waals surface area contributed by atoms with Gasteiger partial charge in [0.15, 0.2) is 0 Å². The number of benzene rings is 2. The third kappa shape index (κ3) is 5.39. The van der Waals surface area contributed by atoms with Crippen molar-refractivity contribution in [1.29, 1.82) is 0 Å². The summed E-state index contributed by atoms with van der Waals surface area (Å²) in [6, 6.07) is 15.8. The van der Waals surface area contributed by atoms with Crippen molar-refractivity contribution in [3.05, 3.63) is 59.7 Å². The van der Waals surface area contributed by atoms with Gasteiger partial charge in [0, 0.05) is 27.2 Å². The summed E-state index contributed by atoms with van der Waals surface area (Å²) in [6.07, 6.45) is -2.20. The molecule has 2 aromatic rings. The highest BCUT2D eigenvalue weighted by atomic mass is 16.6. The van der Waals surface area contributed by atoms with Crippen LogP contribution in [0.25, 0.3) is 11.1 Å². The molecule has 1 saturated heterocycles. The number of alkyl carbamates (subject to hydrolysis) is 1. The SMILES string of the molecule is COCC1OC(C)C(NC(=O)CNC(=O)OCC2c3ccccc3-c3ccccc32)[C@@H](OC)[C@H]1OC. The fourth-order valence-electron chi connectivity index (χ4n) is 5.22. The van der Waals surface area contributed by atoms with Crippen LogP contribution in [-0.2, 0) is 28.5 Å². The summed E-state index contributed by atoms with van der Waals surface area (Å²) < 4.78 is 28.0. The first-order valence-electron chi connectivity index (χ1n) is 12.1. The Hall–Kier alpha value is -2.98. The first kappa shape index (κ1) is 26.1. The smallest absolute Gasteiger partial charge is 0.407 e. The highest BCUT2D eigenvalue weighted by Crippen LogP contribution is 2.44. The Balaban J connectivity index is 1.30. The van der Waals surface area contributed by atoms with Crippen LogP contribution in [0.15, 0.2) is 48.5 Å². The molecule has 1 aliphatic heterocycles. The fourth-order valence-corrected chi connectivity index (χ4v) is 5.22.